The van der Waals surface area contributed by atoms with E-state index >= 15 is 0 Å². The Labute approximate surface area is 165 Å². The number of rotatable bonds is 7. The molecule has 2 fully saturated rings. The van der Waals surface area contributed by atoms with Gasteiger partial charge in [-0.2, -0.15) is 8.75 Å². The number of aliphatic hydroxyl groups excluding tert-OH is 2. The average Bonchev–Trinajstić information content (AvgIpc) is 3.22. The van der Waals surface area contributed by atoms with Gasteiger partial charge in [-0.3, -0.25) is 0 Å². The van der Waals surface area contributed by atoms with E-state index in [0.717, 1.165) is 5.92 Å². The molecule has 1 aromatic rings. The lowest BCUT2D eigenvalue weighted by atomic mass is 9.89. The standard InChI is InChI=1S/C12H19N3S2.C4H6O6/c1-2-6-16-12-11(13-17-14-12)10-8-15-5-3-4-9(10)7-15;5-1(3(7)8)2(6)4(9)10/h9-10H,2-8H2,1H3;1-2,5-6H,(H,7,8)(H,9,10)/t9-,10-;1-,2-/m01/s1. The van der Waals surface area contributed by atoms with E-state index in [1.165, 1.54) is 67.1 Å². The van der Waals surface area contributed by atoms with E-state index in [1.807, 2.05) is 11.8 Å². The van der Waals surface area contributed by atoms with Gasteiger partial charge >= 0.3 is 11.9 Å². The van der Waals surface area contributed by atoms with Crippen LogP contribution in [0.15, 0.2) is 5.03 Å². The van der Waals surface area contributed by atoms with Crippen molar-refractivity contribution in [1.82, 2.24) is 13.6 Å². The maximum absolute atomic E-state index is 9.77. The molecule has 0 amide bonds. The second-order valence-electron chi connectivity index (χ2n) is 6.64. The number of aliphatic hydroxyl groups is 2. The second-order valence-corrected chi connectivity index (χ2v) is 8.25. The SMILES string of the molecule is CCCSc1nsnc1[C@H]1CN2CCC[C@H]1C2.O=C(O)[C@H](O)[C@@H](O)C(=O)O. The third kappa shape index (κ3) is 5.85. The summed E-state index contributed by atoms with van der Waals surface area (Å²) >= 11 is 3.29. The summed E-state index contributed by atoms with van der Waals surface area (Å²) in [5.41, 5.74) is 1.31. The van der Waals surface area contributed by atoms with Crippen LogP contribution in [0, 0.1) is 5.92 Å². The Morgan fingerprint density at radius 1 is 1.22 bits per heavy atom. The molecule has 9 nitrogen and oxygen atoms in total. The van der Waals surface area contributed by atoms with E-state index in [-0.39, 0.29) is 0 Å². The number of carboxylic acids is 2. The largest absolute Gasteiger partial charge is 0.479 e. The molecule has 0 spiro atoms. The van der Waals surface area contributed by atoms with E-state index in [0.29, 0.717) is 5.92 Å². The van der Waals surface area contributed by atoms with Gasteiger partial charge in [0, 0.05) is 19.0 Å². The topological polar surface area (TPSA) is 144 Å². The minimum atomic E-state index is -2.27. The number of thioether (sulfide) groups is 1. The Bertz CT molecular complexity index is 625. The average molecular weight is 420 g/mol. The zero-order valence-electron chi connectivity index (χ0n) is 15.0. The number of carbonyl (C=O) groups is 2. The van der Waals surface area contributed by atoms with Gasteiger partial charge in [0.1, 0.15) is 5.03 Å². The number of fused-ring (bicyclic) bond motifs is 2. The molecule has 1 unspecified atom stereocenters. The highest BCUT2D eigenvalue weighted by Gasteiger charge is 2.38. The summed E-state index contributed by atoms with van der Waals surface area (Å²) in [5, 5.41) is 33.7. The van der Waals surface area contributed by atoms with Gasteiger partial charge in [-0.15, -0.1) is 11.8 Å². The maximum atomic E-state index is 9.77. The number of nitrogens with zero attached hydrogens (tertiary/aromatic N) is 3. The first kappa shape index (κ1) is 22.0. The molecule has 4 N–H and O–H groups in total. The van der Waals surface area contributed by atoms with Crippen molar-refractivity contribution in [1.29, 1.82) is 0 Å². The molecule has 0 saturated carbocycles. The molecule has 2 aliphatic rings. The molecule has 2 aliphatic heterocycles. The highest BCUT2D eigenvalue weighted by molar-refractivity contribution is 7.99. The molecule has 3 rings (SSSR count). The molecule has 2 saturated heterocycles. The van der Waals surface area contributed by atoms with Crippen LogP contribution in [0.3, 0.4) is 0 Å². The number of hydrogen-bond acceptors (Lipinski definition) is 9. The molecule has 27 heavy (non-hydrogen) atoms. The van der Waals surface area contributed by atoms with Gasteiger partial charge in [0.25, 0.3) is 0 Å². The van der Waals surface area contributed by atoms with Crippen LogP contribution < -0.4 is 0 Å². The van der Waals surface area contributed by atoms with Crippen LogP contribution in [0.1, 0.15) is 37.8 Å². The van der Waals surface area contributed by atoms with Crippen LogP contribution in [-0.2, 0) is 9.59 Å². The fraction of sp³-hybridized carbons (Fsp3) is 0.750. The maximum Gasteiger partial charge on any atom is 0.335 e. The minimum Gasteiger partial charge on any atom is -0.479 e. The van der Waals surface area contributed by atoms with E-state index in [1.54, 1.807) is 0 Å². The molecule has 5 atom stereocenters. The molecule has 0 radical (unpaired) electrons. The van der Waals surface area contributed by atoms with E-state index in [4.69, 9.17) is 20.4 Å². The monoisotopic (exact) mass is 419 g/mol. The smallest absolute Gasteiger partial charge is 0.335 e. The van der Waals surface area contributed by atoms with Crippen LogP contribution in [0.5, 0.6) is 0 Å². The Balaban J connectivity index is 0.000000227. The zero-order chi connectivity index (χ0) is 20.0. The first-order valence-electron chi connectivity index (χ1n) is 8.84. The summed E-state index contributed by atoms with van der Waals surface area (Å²) in [6.07, 6.45) is -0.566. The fourth-order valence-corrected chi connectivity index (χ4v) is 4.93. The predicted octanol–water partition coefficient (Wildman–Crippen LogP) is 0.727. The zero-order valence-corrected chi connectivity index (χ0v) is 16.7. The molecule has 1 aromatic heterocycles. The van der Waals surface area contributed by atoms with Crippen LogP contribution in [0.4, 0.5) is 0 Å². The first-order valence-corrected chi connectivity index (χ1v) is 10.6. The number of aliphatic carboxylic acids is 2. The van der Waals surface area contributed by atoms with Gasteiger partial charge in [-0.1, -0.05) is 6.92 Å². The van der Waals surface area contributed by atoms with Crippen molar-refractivity contribution >= 4 is 35.4 Å². The van der Waals surface area contributed by atoms with Crippen molar-refractivity contribution in [2.75, 3.05) is 25.4 Å². The molecule has 0 aliphatic carbocycles. The van der Waals surface area contributed by atoms with E-state index in [2.05, 4.69) is 20.6 Å². The van der Waals surface area contributed by atoms with Crippen molar-refractivity contribution in [3.05, 3.63) is 5.69 Å². The number of hydrogen-bond donors (Lipinski definition) is 4. The summed E-state index contributed by atoms with van der Waals surface area (Å²) in [5.74, 6) is -0.867. The summed E-state index contributed by atoms with van der Waals surface area (Å²) in [6.45, 7) is 6.03. The van der Waals surface area contributed by atoms with Crippen LogP contribution >= 0.6 is 23.5 Å². The third-order valence-electron chi connectivity index (χ3n) is 4.65. The molecule has 11 heteroatoms. The van der Waals surface area contributed by atoms with Gasteiger partial charge in [0.15, 0.2) is 12.2 Å². The second kappa shape index (κ2) is 10.3. The van der Waals surface area contributed by atoms with Crippen molar-refractivity contribution in [3.63, 3.8) is 0 Å². The highest BCUT2D eigenvalue weighted by atomic mass is 32.2. The normalized spacial score (nSPS) is 26.0. The van der Waals surface area contributed by atoms with E-state index < -0.39 is 24.1 Å². The first-order chi connectivity index (χ1) is 12.8. The van der Waals surface area contributed by atoms with Crippen LogP contribution in [0.2, 0.25) is 0 Å². The highest BCUT2D eigenvalue weighted by Crippen LogP contribution is 2.41. The summed E-state index contributed by atoms with van der Waals surface area (Å²) < 4.78 is 9.08. The third-order valence-corrected chi connectivity index (χ3v) is 6.49. The lowest BCUT2D eigenvalue weighted by molar-refractivity contribution is -0.165. The predicted molar refractivity (Wildman–Crippen MR) is 100 cm³/mol. The Kier molecular flexibility index (Phi) is 8.42. The summed E-state index contributed by atoms with van der Waals surface area (Å²) in [6, 6.07) is 0. The van der Waals surface area contributed by atoms with Crippen molar-refractivity contribution in [2.24, 2.45) is 5.92 Å². The fourth-order valence-electron chi connectivity index (χ4n) is 3.31. The van der Waals surface area contributed by atoms with Crippen LogP contribution in [-0.4, -0.2) is 83.6 Å². The van der Waals surface area contributed by atoms with Gasteiger partial charge < -0.3 is 25.3 Å². The van der Waals surface area contributed by atoms with Gasteiger partial charge in [0.05, 0.1) is 17.4 Å². The van der Waals surface area contributed by atoms with Crippen LogP contribution in [0.25, 0.3) is 0 Å². The van der Waals surface area contributed by atoms with Gasteiger partial charge in [-0.25, -0.2) is 9.59 Å². The molecule has 2 bridgehead atoms. The quantitative estimate of drug-likeness (QED) is 0.467. The molecule has 152 valence electrons. The summed E-state index contributed by atoms with van der Waals surface area (Å²) in [4.78, 5) is 22.1. The Morgan fingerprint density at radius 3 is 2.44 bits per heavy atom. The van der Waals surface area contributed by atoms with Gasteiger partial charge in [-0.05, 0) is 37.5 Å². The van der Waals surface area contributed by atoms with Crippen molar-refractivity contribution in [3.8, 4) is 0 Å². The molecular formula is C16H25N3O6S2. The lowest BCUT2D eigenvalue weighted by Gasteiger charge is -2.21. The van der Waals surface area contributed by atoms with Gasteiger partial charge in [0.2, 0.25) is 0 Å². The Morgan fingerprint density at radius 2 is 1.89 bits per heavy atom. The molecule has 0 aromatic carbocycles. The minimum absolute atomic E-state index is 0.663. The molecule has 3 heterocycles. The lowest BCUT2D eigenvalue weighted by Crippen LogP contribution is -2.39. The summed E-state index contributed by atoms with van der Waals surface area (Å²) in [7, 11) is 0. The number of aromatic nitrogens is 2. The molecular weight excluding hydrogens is 394 g/mol. The van der Waals surface area contributed by atoms with Crippen molar-refractivity contribution in [2.45, 2.75) is 49.3 Å². The van der Waals surface area contributed by atoms with E-state index in [9.17, 15) is 9.59 Å². The number of carboxylic acid groups (broad SMARTS) is 2. The Hall–Kier alpha value is -1.27. The van der Waals surface area contributed by atoms with Crippen molar-refractivity contribution < 1.29 is 30.0 Å². The number of piperidine rings is 1.